The van der Waals surface area contributed by atoms with Crippen molar-refractivity contribution in [3.05, 3.63) is 158 Å². The highest BCUT2D eigenvalue weighted by Gasteiger charge is 2.41. The molecule has 242 valence electrons. The molecule has 8 nitrogen and oxygen atoms in total. The predicted molar refractivity (Wildman–Crippen MR) is 188 cm³/mol. The van der Waals surface area contributed by atoms with Crippen LogP contribution in [0.2, 0.25) is 0 Å². The van der Waals surface area contributed by atoms with Crippen molar-refractivity contribution in [2.24, 2.45) is 0 Å². The van der Waals surface area contributed by atoms with Gasteiger partial charge in [-0.3, -0.25) is 0 Å². The van der Waals surface area contributed by atoms with Crippen LogP contribution in [0.1, 0.15) is 0 Å². The molecule has 0 aromatic heterocycles. The second-order valence-electron chi connectivity index (χ2n) is 10.3. The van der Waals surface area contributed by atoms with E-state index in [1.807, 2.05) is 24.3 Å². The fraction of sp³-hybridized carbons (Fsp3) is 0.0526. The minimum Gasteiger partial charge on any atom is -0.496 e. The second-order valence-corrected chi connectivity index (χ2v) is 14.0. The SMILES string of the molecule is COc1cccc(P(=O)(Oc2ccccc2)Oc2ccccc2)c1-c1c(OC)cccc1P(=O)(Oc1ccccc1)Oc1ccccc1. The maximum atomic E-state index is 15.3. The number of para-hydroxylation sites is 4. The smallest absolute Gasteiger partial charge is 0.463 e. The highest BCUT2D eigenvalue weighted by Crippen LogP contribution is 2.55. The normalized spacial score (nSPS) is 11.3. The van der Waals surface area contributed by atoms with E-state index in [-0.39, 0.29) is 33.2 Å². The third kappa shape index (κ3) is 7.11. The van der Waals surface area contributed by atoms with Crippen LogP contribution in [-0.2, 0) is 9.13 Å². The van der Waals surface area contributed by atoms with Crippen molar-refractivity contribution in [1.29, 1.82) is 0 Å². The van der Waals surface area contributed by atoms with Crippen LogP contribution >= 0.6 is 15.2 Å². The summed E-state index contributed by atoms with van der Waals surface area (Å²) in [6, 6.07) is 45.0. The monoisotopic (exact) mass is 678 g/mol. The van der Waals surface area contributed by atoms with E-state index in [4.69, 9.17) is 27.6 Å². The number of ether oxygens (including phenoxy) is 2. The Morgan fingerprint density at radius 3 is 0.875 bits per heavy atom. The third-order valence-electron chi connectivity index (χ3n) is 7.16. The van der Waals surface area contributed by atoms with Gasteiger partial charge in [0.25, 0.3) is 0 Å². The summed E-state index contributed by atoms with van der Waals surface area (Å²) in [6.45, 7) is 0. The van der Waals surface area contributed by atoms with E-state index in [9.17, 15) is 0 Å². The molecule has 0 heterocycles. The topological polar surface area (TPSA) is 89.5 Å². The van der Waals surface area contributed by atoms with Crippen LogP contribution in [0.3, 0.4) is 0 Å². The standard InChI is InChI=1S/C38H32O8P2/c1-41-33-25-15-27-35(47(39,43-29-17-7-3-8-18-29)44-30-19-9-4-10-20-30)37(33)38-34(42-2)26-16-28-36(38)48(40,45-31-21-11-5-12-22-31)46-32-23-13-6-14-24-32/h3-28H,1-2H3. The van der Waals surface area contributed by atoms with E-state index < -0.39 is 15.2 Å². The quantitative estimate of drug-likeness (QED) is 0.112. The van der Waals surface area contributed by atoms with E-state index in [0.717, 1.165) is 0 Å². The van der Waals surface area contributed by atoms with Gasteiger partial charge in [-0.1, -0.05) is 84.9 Å². The summed E-state index contributed by atoms with van der Waals surface area (Å²) in [5.41, 5.74) is 0.521. The Bertz CT molecular complexity index is 1820. The molecule has 0 saturated heterocycles. The summed E-state index contributed by atoms with van der Waals surface area (Å²) in [5, 5.41) is 0.262. The summed E-state index contributed by atoms with van der Waals surface area (Å²) in [6.07, 6.45) is 0. The molecule has 0 unspecified atom stereocenters. The Labute approximate surface area is 279 Å². The molecule has 0 N–H and O–H groups in total. The first-order valence-corrected chi connectivity index (χ1v) is 18.0. The molecule has 6 aromatic carbocycles. The summed E-state index contributed by atoms with van der Waals surface area (Å²) in [7, 11) is -5.63. The predicted octanol–water partition coefficient (Wildman–Crippen LogP) is 9.32. The molecule has 6 aromatic rings. The Balaban J connectivity index is 1.62. The number of rotatable bonds is 13. The molecule has 0 atom stereocenters. The minimum atomic E-state index is -4.30. The van der Waals surface area contributed by atoms with Gasteiger partial charge >= 0.3 is 15.2 Å². The van der Waals surface area contributed by atoms with Crippen LogP contribution < -0.4 is 38.2 Å². The van der Waals surface area contributed by atoms with Crippen molar-refractivity contribution in [1.82, 2.24) is 0 Å². The molecule has 0 bridgehead atoms. The van der Waals surface area contributed by atoms with Gasteiger partial charge in [-0.25, -0.2) is 9.13 Å². The van der Waals surface area contributed by atoms with Crippen LogP contribution in [0.15, 0.2) is 158 Å². The van der Waals surface area contributed by atoms with Crippen LogP contribution in [0.4, 0.5) is 0 Å². The van der Waals surface area contributed by atoms with Crippen molar-refractivity contribution in [3.63, 3.8) is 0 Å². The van der Waals surface area contributed by atoms with Crippen LogP contribution in [0.25, 0.3) is 11.1 Å². The molecule has 0 radical (unpaired) electrons. The third-order valence-corrected chi connectivity index (χ3v) is 10.9. The first-order valence-electron chi connectivity index (χ1n) is 15.0. The largest absolute Gasteiger partial charge is 0.496 e. The van der Waals surface area contributed by atoms with Gasteiger partial charge in [0.15, 0.2) is 0 Å². The molecule has 0 aliphatic rings. The molecular formula is C38H32O8P2. The minimum absolute atomic E-state index is 0.131. The van der Waals surface area contributed by atoms with Crippen molar-refractivity contribution in [2.45, 2.75) is 0 Å². The van der Waals surface area contributed by atoms with Crippen molar-refractivity contribution in [2.75, 3.05) is 14.2 Å². The van der Waals surface area contributed by atoms with Crippen LogP contribution in [-0.4, -0.2) is 14.2 Å². The number of methoxy groups -OCH3 is 2. The lowest BCUT2D eigenvalue weighted by Gasteiger charge is -2.27. The van der Waals surface area contributed by atoms with E-state index in [0.29, 0.717) is 23.0 Å². The maximum absolute atomic E-state index is 15.3. The van der Waals surface area contributed by atoms with Crippen molar-refractivity contribution in [3.8, 4) is 45.6 Å². The number of benzene rings is 6. The average Bonchev–Trinajstić information content (AvgIpc) is 3.12. The highest BCUT2D eigenvalue weighted by atomic mass is 31.2. The average molecular weight is 679 g/mol. The van der Waals surface area contributed by atoms with Gasteiger partial charge in [0.2, 0.25) is 0 Å². The zero-order valence-corrected chi connectivity index (χ0v) is 28.0. The molecule has 6 rings (SSSR count). The Morgan fingerprint density at radius 1 is 0.354 bits per heavy atom. The molecule has 0 aliphatic heterocycles. The summed E-state index contributed by atoms with van der Waals surface area (Å²) in [5.74, 6) is 1.84. The second kappa shape index (κ2) is 14.6. The lowest BCUT2D eigenvalue weighted by atomic mass is 10.0. The fourth-order valence-corrected chi connectivity index (χ4v) is 8.65. The van der Waals surface area contributed by atoms with Crippen LogP contribution in [0.5, 0.6) is 34.5 Å². The molecule has 10 heteroatoms. The Kier molecular flexibility index (Phi) is 9.86. The van der Waals surface area contributed by atoms with Crippen molar-refractivity contribution >= 4 is 25.8 Å². The summed E-state index contributed by atoms with van der Waals surface area (Å²) in [4.78, 5) is 0. The van der Waals surface area contributed by atoms with E-state index in [1.54, 1.807) is 133 Å². The molecule has 0 saturated carbocycles. The van der Waals surface area contributed by atoms with Gasteiger partial charge in [-0.2, -0.15) is 0 Å². The molecule has 0 aliphatic carbocycles. The van der Waals surface area contributed by atoms with Crippen molar-refractivity contribution < 1.29 is 36.7 Å². The number of hydrogen-bond donors (Lipinski definition) is 0. The summed E-state index contributed by atoms with van der Waals surface area (Å²) >= 11 is 0. The zero-order chi connectivity index (χ0) is 33.4. The van der Waals surface area contributed by atoms with Gasteiger partial charge in [0, 0.05) is 11.1 Å². The molecule has 0 spiro atoms. The maximum Gasteiger partial charge on any atom is 0.463 e. The zero-order valence-electron chi connectivity index (χ0n) is 26.2. The molecular weight excluding hydrogens is 646 g/mol. The van der Waals surface area contributed by atoms with Gasteiger partial charge in [0.1, 0.15) is 45.1 Å². The van der Waals surface area contributed by atoms with E-state index in [1.165, 1.54) is 14.2 Å². The van der Waals surface area contributed by atoms with Gasteiger partial charge in [-0.05, 0) is 72.8 Å². The van der Waals surface area contributed by atoms with E-state index in [2.05, 4.69) is 0 Å². The van der Waals surface area contributed by atoms with Crippen LogP contribution in [0, 0.1) is 0 Å². The Hall–Kier alpha value is -5.42. The fourth-order valence-electron chi connectivity index (χ4n) is 5.05. The number of hydrogen-bond acceptors (Lipinski definition) is 8. The van der Waals surface area contributed by atoms with E-state index >= 15 is 9.13 Å². The molecule has 0 fully saturated rings. The molecule has 48 heavy (non-hydrogen) atoms. The van der Waals surface area contributed by atoms with Gasteiger partial charge in [0.05, 0.1) is 14.2 Å². The first kappa shape index (κ1) is 32.5. The lowest BCUT2D eigenvalue weighted by Crippen LogP contribution is -2.23. The summed E-state index contributed by atoms with van der Waals surface area (Å²) < 4.78 is 67.3. The first-order chi connectivity index (χ1) is 23.4. The highest BCUT2D eigenvalue weighted by molar-refractivity contribution is 7.64. The Morgan fingerprint density at radius 2 is 0.625 bits per heavy atom. The molecule has 0 amide bonds. The lowest BCUT2D eigenvalue weighted by molar-refractivity contribution is 0.395. The van der Waals surface area contributed by atoms with Gasteiger partial charge < -0.3 is 27.6 Å². The van der Waals surface area contributed by atoms with Gasteiger partial charge in [-0.15, -0.1) is 0 Å².